The maximum Gasteiger partial charge on any atom is 0.275 e. The first-order valence-electron chi connectivity index (χ1n) is 12.8. The molecule has 31 heavy (non-hydrogen) atoms. The minimum Gasteiger partial charge on any atom is -0.348 e. The highest BCUT2D eigenvalue weighted by Gasteiger charge is 2.35. The second kappa shape index (κ2) is 11.2. The Morgan fingerprint density at radius 2 is 1.10 bits per heavy atom. The Hall–Kier alpha value is -1.10. The van der Waals surface area contributed by atoms with Crippen LogP contribution in [0.15, 0.2) is 0 Å². The number of hydrogen-bond donors (Lipinski definition) is 2. The summed E-state index contributed by atoms with van der Waals surface area (Å²) in [7, 11) is 3.98. The van der Waals surface area contributed by atoms with Crippen LogP contribution in [0.4, 0.5) is 0 Å². The van der Waals surface area contributed by atoms with E-state index >= 15 is 0 Å². The van der Waals surface area contributed by atoms with Crippen LogP contribution in [-0.4, -0.2) is 55.6 Å². The van der Waals surface area contributed by atoms with Crippen LogP contribution in [0.2, 0.25) is 0 Å². The third-order valence-corrected chi connectivity index (χ3v) is 7.88. The Morgan fingerprint density at radius 1 is 0.742 bits per heavy atom. The van der Waals surface area contributed by atoms with Crippen LogP contribution in [0, 0.1) is 35.5 Å². The van der Waals surface area contributed by atoms with Gasteiger partial charge in [0, 0.05) is 12.1 Å². The van der Waals surface area contributed by atoms with Crippen molar-refractivity contribution in [2.45, 2.75) is 92.2 Å². The Kier molecular flexibility index (Phi) is 9.41. The lowest BCUT2D eigenvalue weighted by molar-refractivity contribution is -0.874. The molecule has 0 unspecified atom stereocenters. The van der Waals surface area contributed by atoms with Gasteiger partial charge in [0.25, 0.3) is 11.8 Å². The molecule has 0 heterocycles. The third-order valence-electron chi connectivity index (χ3n) is 7.88. The van der Waals surface area contributed by atoms with Crippen molar-refractivity contribution in [3.05, 3.63) is 0 Å². The fourth-order valence-electron chi connectivity index (χ4n) is 6.07. The molecule has 5 nitrogen and oxygen atoms in total. The predicted molar refractivity (Wildman–Crippen MR) is 128 cm³/mol. The molecule has 2 aliphatic carbocycles. The van der Waals surface area contributed by atoms with Gasteiger partial charge in [0.15, 0.2) is 13.1 Å². The number of quaternary nitrogens is 1. The molecule has 2 rings (SSSR count). The maximum atomic E-state index is 12.9. The van der Waals surface area contributed by atoms with Gasteiger partial charge in [-0.05, 0) is 61.2 Å². The number of rotatable bonds is 8. The van der Waals surface area contributed by atoms with E-state index in [4.69, 9.17) is 0 Å². The van der Waals surface area contributed by atoms with E-state index in [2.05, 4.69) is 52.2 Å². The van der Waals surface area contributed by atoms with Gasteiger partial charge in [-0.25, -0.2) is 0 Å². The molecule has 2 fully saturated rings. The van der Waals surface area contributed by atoms with Gasteiger partial charge in [0.1, 0.15) is 0 Å². The highest BCUT2D eigenvalue weighted by molar-refractivity contribution is 5.79. The normalized spacial score (nSPS) is 32.2. The van der Waals surface area contributed by atoms with Crippen LogP contribution in [0.5, 0.6) is 0 Å². The molecule has 0 aromatic heterocycles. The van der Waals surface area contributed by atoms with Gasteiger partial charge < -0.3 is 15.1 Å². The monoisotopic (exact) mass is 436 g/mol. The summed E-state index contributed by atoms with van der Waals surface area (Å²) in [5.41, 5.74) is 0. The quantitative estimate of drug-likeness (QED) is 0.560. The van der Waals surface area contributed by atoms with Crippen LogP contribution < -0.4 is 10.6 Å². The topological polar surface area (TPSA) is 58.2 Å². The van der Waals surface area contributed by atoms with E-state index in [9.17, 15) is 9.59 Å². The van der Waals surface area contributed by atoms with Crippen molar-refractivity contribution >= 4 is 11.8 Å². The molecule has 2 saturated carbocycles. The molecule has 0 aromatic rings. The first-order valence-corrected chi connectivity index (χ1v) is 12.8. The van der Waals surface area contributed by atoms with Crippen molar-refractivity contribution in [3.8, 4) is 0 Å². The van der Waals surface area contributed by atoms with Gasteiger partial charge in [-0.3, -0.25) is 9.59 Å². The van der Waals surface area contributed by atoms with E-state index in [1.165, 1.54) is 25.7 Å². The summed E-state index contributed by atoms with van der Waals surface area (Å²) in [6, 6.07) is 0.529. The zero-order chi connectivity index (χ0) is 23.3. The Labute approximate surface area is 191 Å². The number of carbonyl (C=O) groups is 2. The molecule has 6 atom stereocenters. The largest absolute Gasteiger partial charge is 0.348 e. The average Bonchev–Trinajstić information content (AvgIpc) is 2.59. The Bertz CT molecular complexity index is 551. The fourth-order valence-corrected chi connectivity index (χ4v) is 6.07. The summed E-state index contributed by atoms with van der Waals surface area (Å²) in [4.78, 5) is 25.8. The number of nitrogens with zero attached hydrogens (tertiary/aromatic N) is 1. The van der Waals surface area contributed by atoms with Crippen molar-refractivity contribution in [2.75, 3.05) is 27.2 Å². The third kappa shape index (κ3) is 8.07. The molecule has 0 radical (unpaired) electrons. The fraction of sp³-hybridized carbons (Fsp3) is 0.923. The minimum absolute atomic E-state index is 0.0777. The van der Waals surface area contributed by atoms with E-state index in [0.717, 1.165) is 12.8 Å². The van der Waals surface area contributed by atoms with Gasteiger partial charge in [-0.15, -0.1) is 0 Å². The van der Waals surface area contributed by atoms with Crippen LogP contribution in [0.3, 0.4) is 0 Å². The lowest BCUT2D eigenvalue weighted by Crippen LogP contribution is -2.56. The molecule has 0 aliphatic heterocycles. The van der Waals surface area contributed by atoms with Crippen molar-refractivity contribution in [1.29, 1.82) is 0 Å². The number of amides is 2. The maximum absolute atomic E-state index is 12.9. The van der Waals surface area contributed by atoms with Gasteiger partial charge >= 0.3 is 0 Å². The molecule has 180 valence electrons. The van der Waals surface area contributed by atoms with Crippen molar-refractivity contribution in [3.63, 3.8) is 0 Å². The highest BCUT2D eigenvalue weighted by Crippen LogP contribution is 2.34. The van der Waals surface area contributed by atoms with Gasteiger partial charge in [-0.1, -0.05) is 54.4 Å². The number of nitrogens with one attached hydrogen (secondary N) is 2. The van der Waals surface area contributed by atoms with Gasteiger partial charge in [0.05, 0.1) is 14.1 Å². The lowest BCUT2D eigenvalue weighted by atomic mass is 9.74. The highest BCUT2D eigenvalue weighted by atomic mass is 16.2. The van der Waals surface area contributed by atoms with E-state index in [1.807, 2.05) is 14.1 Å². The zero-order valence-electron chi connectivity index (χ0n) is 21.5. The van der Waals surface area contributed by atoms with Crippen molar-refractivity contribution < 1.29 is 14.1 Å². The lowest BCUT2D eigenvalue weighted by Gasteiger charge is -2.39. The molecule has 2 aliphatic rings. The second-order valence-electron chi connectivity index (χ2n) is 12.3. The van der Waals surface area contributed by atoms with Gasteiger partial charge in [0.2, 0.25) is 0 Å². The number of carbonyl (C=O) groups excluding carboxylic acids is 2. The summed E-state index contributed by atoms with van der Waals surface area (Å²) >= 11 is 0. The molecule has 0 spiro atoms. The summed E-state index contributed by atoms with van der Waals surface area (Å²) < 4.78 is 0.390. The molecule has 5 heteroatoms. The molecule has 0 saturated heterocycles. The molecule has 2 N–H and O–H groups in total. The molecular weight excluding hydrogens is 386 g/mol. The average molecular weight is 437 g/mol. The summed E-state index contributed by atoms with van der Waals surface area (Å²) in [6.07, 6.45) is 7.04. The Balaban J connectivity index is 1.89. The van der Waals surface area contributed by atoms with Crippen LogP contribution in [0.25, 0.3) is 0 Å². The minimum atomic E-state index is 0.0777. The van der Waals surface area contributed by atoms with E-state index in [1.54, 1.807) is 0 Å². The van der Waals surface area contributed by atoms with Crippen LogP contribution in [0.1, 0.15) is 80.1 Å². The summed E-state index contributed by atoms with van der Waals surface area (Å²) in [6.45, 7) is 14.3. The van der Waals surface area contributed by atoms with E-state index in [0.29, 0.717) is 53.1 Å². The smallest absolute Gasteiger partial charge is 0.275 e. The molecule has 0 bridgehead atoms. The second-order valence-corrected chi connectivity index (χ2v) is 12.3. The van der Waals surface area contributed by atoms with E-state index in [-0.39, 0.29) is 23.9 Å². The Morgan fingerprint density at radius 3 is 1.42 bits per heavy atom. The molecular formula is C26H50N3O2+. The van der Waals surface area contributed by atoms with E-state index < -0.39 is 0 Å². The van der Waals surface area contributed by atoms with Crippen molar-refractivity contribution in [2.24, 2.45) is 35.5 Å². The van der Waals surface area contributed by atoms with Gasteiger partial charge in [-0.2, -0.15) is 0 Å². The zero-order valence-corrected chi connectivity index (χ0v) is 21.5. The standard InChI is InChI=1S/C26H49N3O2/c1-17(2)21-11-9-19(5)13-23(21)27-25(30)15-29(7,8)16-26(31)28-24-14-20(6)10-12-22(24)18(3)4/h17-24H,9-16H2,1-8H3,(H-,27,28,30,31)/p+1/t19-,20-,21+,22+,23-,24-/m1/s1. The SMILES string of the molecule is CC(C)[C@@H]1CC[C@@H](C)C[C@H]1NC(=O)C[N+](C)(C)CC(=O)N[C@@H]1C[C@H](C)CC[C@H]1C(C)C. The first kappa shape index (κ1) is 26.2. The number of hydrogen-bond acceptors (Lipinski definition) is 2. The summed E-state index contributed by atoms with van der Waals surface area (Å²) in [5, 5.41) is 6.67. The van der Waals surface area contributed by atoms with Crippen LogP contribution in [-0.2, 0) is 9.59 Å². The number of likely N-dealkylation sites (N-methyl/N-ethyl adjacent to an activating group) is 1. The first-order chi connectivity index (χ1) is 14.4. The molecule has 0 aromatic carbocycles. The molecule has 2 amide bonds. The predicted octanol–water partition coefficient (Wildman–Crippen LogP) is 4.22. The van der Waals surface area contributed by atoms with Crippen molar-refractivity contribution in [1.82, 2.24) is 10.6 Å². The van der Waals surface area contributed by atoms with Crippen LogP contribution >= 0.6 is 0 Å². The summed E-state index contributed by atoms with van der Waals surface area (Å²) in [5.74, 6) is 3.76.